The number of aromatic hydroxyl groups is 2. The number of carbonyl (C=O) groups is 5. The Morgan fingerprint density at radius 2 is 1.12 bits per heavy atom. The minimum absolute atomic E-state index is 0.00571. The largest absolute Gasteiger partial charge is 0.508 e. The van der Waals surface area contributed by atoms with E-state index in [0.717, 1.165) is 0 Å². The Bertz CT molecular complexity index is 1230. The van der Waals surface area contributed by atoms with Gasteiger partial charge < -0.3 is 42.1 Å². The van der Waals surface area contributed by atoms with E-state index in [1.165, 1.54) is 36.4 Å². The maximum atomic E-state index is 13.4. The van der Waals surface area contributed by atoms with Crippen LogP contribution in [-0.4, -0.2) is 74.3 Å². The van der Waals surface area contributed by atoms with Gasteiger partial charge >= 0.3 is 11.9 Å². The lowest BCUT2D eigenvalue weighted by atomic mass is 9.99. The summed E-state index contributed by atoms with van der Waals surface area (Å²) >= 11 is 0. The molecule has 4 atom stereocenters. The van der Waals surface area contributed by atoms with Gasteiger partial charge in [-0.1, -0.05) is 38.1 Å². The summed E-state index contributed by atoms with van der Waals surface area (Å²) in [6, 6.07) is 6.84. The summed E-state index contributed by atoms with van der Waals surface area (Å²) in [5, 5.41) is 45.3. The number of benzene rings is 2. The molecule has 0 aliphatic heterocycles. The fraction of sp³-hybridized carbons (Fsp3) is 0.414. The summed E-state index contributed by atoms with van der Waals surface area (Å²) in [4.78, 5) is 62.2. The Kier molecular flexibility index (Phi) is 12.8. The number of hydrogen-bond donors (Lipinski definition) is 8. The van der Waals surface area contributed by atoms with E-state index in [4.69, 9.17) is 10.8 Å². The van der Waals surface area contributed by atoms with Crippen molar-refractivity contribution in [2.75, 3.05) is 0 Å². The monoisotopic (exact) mass is 586 g/mol. The lowest BCUT2D eigenvalue weighted by Crippen LogP contribution is -2.58. The van der Waals surface area contributed by atoms with Crippen LogP contribution in [0.5, 0.6) is 11.5 Å². The first-order chi connectivity index (χ1) is 19.7. The molecule has 0 heterocycles. The third-order valence-corrected chi connectivity index (χ3v) is 6.35. The summed E-state index contributed by atoms with van der Waals surface area (Å²) in [6.07, 6.45) is -0.476. The van der Waals surface area contributed by atoms with Crippen LogP contribution >= 0.6 is 0 Å². The second-order valence-corrected chi connectivity index (χ2v) is 10.4. The number of rotatable bonds is 16. The Hall–Kier alpha value is -4.65. The van der Waals surface area contributed by atoms with Crippen molar-refractivity contribution in [3.05, 3.63) is 59.7 Å². The Morgan fingerprint density at radius 1 is 0.690 bits per heavy atom. The zero-order valence-corrected chi connectivity index (χ0v) is 23.4. The molecule has 0 saturated heterocycles. The van der Waals surface area contributed by atoms with Crippen molar-refractivity contribution < 1.29 is 44.4 Å². The smallest absolute Gasteiger partial charge is 0.326 e. The Labute approximate surface area is 243 Å². The first kappa shape index (κ1) is 33.6. The molecule has 0 bridgehead atoms. The zero-order chi connectivity index (χ0) is 31.4. The van der Waals surface area contributed by atoms with Crippen LogP contribution in [0.3, 0.4) is 0 Å². The number of carboxylic acids is 2. The van der Waals surface area contributed by atoms with Gasteiger partial charge in [-0.3, -0.25) is 19.2 Å². The number of phenolic OH excluding ortho intramolecular Hbond substituents is 2. The fourth-order valence-corrected chi connectivity index (χ4v) is 4.08. The molecule has 228 valence electrons. The number of amides is 3. The standard InChI is InChI=1S/C29H38N4O9/c1-16(2)13-22(27(39)33-24(29(41)42)15-18-5-9-20(35)10-6-18)32-28(40)23(14-17-3-7-19(34)8-4-17)31-26(38)21(30)11-12-25(36)37/h3-10,16,21-24,34-35H,11-15,30H2,1-2H3,(H,31,38)(H,32,40)(H,33,39)(H,36,37)(H,41,42). The predicted octanol–water partition coefficient (Wildman–Crippen LogP) is 0.660. The van der Waals surface area contributed by atoms with E-state index >= 15 is 0 Å². The number of aliphatic carboxylic acids is 2. The summed E-state index contributed by atoms with van der Waals surface area (Å²) in [5.41, 5.74) is 6.95. The normalized spacial score (nSPS) is 13.8. The third-order valence-electron chi connectivity index (χ3n) is 6.35. The van der Waals surface area contributed by atoms with Crippen LogP contribution in [0.4, 0.5) is 0 Å². The lowest BCUT2D eigenvalue weighted by Gasteiger charge is -2.26. The molecule has 3 amide bonds. The van der Waals surface area contributed by atoms with Gasteiger partial charge in [0, 0.05) is 19.3 Å². The number of carbonyl (C=O) groups excluding carboxylic acids is 3. The van der Waals surface area contributed by atoms with Crippen molar-refractivity contribution in [2.24, 2.45) is 11.7 Å². The van der Waals surface area contributed by atoms with Gasteiger partial charge in [0.25, 0.3) is 0 Å². The Morgan fingerprint density at radius 3 is 1.57 bits per heavy atom. The van der Waals surface area contributed by atoms with Gasteiger partial charge in [0.1, 0.15) is 29.6 Å². The molecule has 0 aliphatic carbocycles. The molecule has 0 spiro atoms. The molecule has 9 N–H and O–H groups in total. The van der Waals surface area contributed by atoms with Gasteiger partial charge in [-0.25, -0.2) is 4.79 Å². The average Bonchev–Trinajstić information content (AvgIpc) is 2.92. The van der Waals surface area contributed by atoms with Gasteiger partial charge in [-0.05, 0) is 54.2 Å². The predicted molar refractivity (Wildman–Crippen MR) is 151 cm³/mol. The van der Waals surface area contributed by atoms with Crippen molar-refractivity contribution >= 4 is 29.7 Å². The topological polar surface area (TPSA) is 228 Å². The van der Waals surface area contributed by atoms with E-state index in [1.54, 1.807) is 12.1 Å². The van der Waals surface area contributed by atoms with E-state index in [9.17, 15) is 39.3 Å². The molecule has 0 fully saturated rings. The summed E-state index contributed by atoms with van der Waals surface area (Å²) in [5.74, 6) is -4.76. The second-order valence-electron chi connectivity index (χ2n) is 10.4. The number of nitrogens with one attached hydrogen (secondary N) is 3. The quantitative estimate of drug-likeness (QED) is 0.137. The SMILES string of the molecule is CC(C)CC(NC(=O)C(Cc1ccc(O)cc1)NC(=O)C(N)CCC(=O)O)C(=O)NC(Cc1ccc(O)cc1)C(=O)O. The molecule has 2 aromatic carbocycles. The summed E-state index contributed by atoms with van der Waals surface area (Å²) in [6.45, 7) is 3.63. The minimum atomic E-state index is -1.33. The van der Waals surface area contributed by atoms with Crippen LogP contribution in [0, 0.1) is 5.92 Å². The number of carboxylic acid groups (broad SMARTS) is 2. The molecule has 13 nitrogen and oxygen atoms in total. The highest BCUT2D eigenvalue weighted by Crippen LogP contribution is 2.14. The Balaban J connectivity index is 2.23. The number of nitrogens with two attached hydrogens (primary N) is 1. The van der Waals surface area contributed by atoms with E-state index < -0.39 is 53.8 Å². The molecular weight excluding hydrogens is 548 g/mol. The highest BCUT2D eigenvalue weighted by Gasteiger charge is 2.31. The molecule has 0 radical (unpaired) electrons. The van der Waals surface area contributed by atoms with Crippen LogP contribution in [0.1, 0.15) is 44.2 Å². The molecule has 0 aliphatic rings. The van der Waals surface area contributed by atoms with Gasteiger partial charge in [0.2, 0.25) is 17.7 Å². The van der Waals surface area contributed by atoms with Gasteiger partial charge in [0.15, 0.2) is 0 Å². The lowest BCUT2D eigenvalue weighted by molar-refractivity contribution is -0.142. The van der Waals surface area contributed by atoms with E-state index in [2.05, 4.69) is 16.0 Å². The third kappa shape index (κ3) is 11.5. The van der Waals surface area contributed by atoms with Crippen molar-refractivity contribution in [1.29, 1.82) is 0 Å². The van der Waals surface area contributed by atoms with Gasteiger partial charge in [0.05, 0.1) is 6.04 Å². The zero-order valence-electron chi connectivity index (χ0n) is 23.4. The van der Waals surface area contributed by atoms with Crippen LogP contribution in [0.15, 0.2) is 48.5 Å². The molecule has 2 rings (SSSR count). The van der Waals surface area contributed by atoms with Crippen molar-refractivity contribution in [3.8, 4) is 11.5 Å². The van der Waals surface area contributed by atoms with Gasteiger partial charge in [-0.15, -0.1) is 0 Å². The van der Waals surface area contributed by atoms with Gasteiger partial charge in [-0.2, -0.15) is 0 Å². The molecule has 4 unspecified atom stereocenters. The molecule has 13 heteroatoms. The van der Waals surface area contributed by atoms with E-state index in [0.29, 0.717) is 11.1 Å². The van der Waals surface area contributed by atoms with Crippen molar-refractivity contribution in [3.63, 3.8) is 0 Å². The molecule has 0 saturated carbocycles. The minimum Gasteiger partial charge on any atom is -0.508 e. The highest BCUT2D eigenvalue weighted by molar-refractivity contribution is 5.94. The van der Waals surface area contributed by atoms with Crippen LogP contribution in [0.25, 0.3) is 0 Å². The second kappa shape index (κ2) is 16.0. The maximum absolute atomic E-state index is 13.4. The highest BCUT2D eigenvalue weighted by atomic mass is 16.4. The summed E-state index contributed by atoms with van der Waals surface area (Å²) in [7, 11) is 0. The summed E-state index contributed by atoms with van der Waals surface area (Å²) < 4.78 is 0. The average molecular weight is 587 g/mol. The van der Waals surface area contributed by atoms with Crippen LogP contribution in [-0.2, 0) is 36.8 Å². The van der Waals surface area contributed by atoms with E-state index in [1.807, 2.05) is 13.8 Å². The molecule has 42 heavy (non-hydrogen) atoms. The molecule has 0 aromatic heterocycles. The van der Waals surface area contributed by atoms with Crippen LogP contribution < -0.4 is 21.7 Å². The first-order valence-electron chi connectivity index (χ1n) is 13.4. The van der Waals surface area contributed by atoms with E-state index in [-0.39, 0.29) is 49.5 Å². The first-order valence-corrected chi connectivity index (χ1v) is 13.4. The molecule has 2 aromatic rings. The maximum Gasteiger partial charge on any atom is 0.326 e. The van der Waals surface area contributed by atoms with Crippen LogP contribution in [0.2, 0.25) is 0 Å². The molecular formula is C29H38N4O9. The number of phenols is 2. The van der Waals surface area contributed by atoms with Crippen molar-refractivity contribution in [1.82, 2.24) is 16.0 Å². The fourth-order valence-electron chi connectivity index (χ4n) is 4.08. The van der Waals surface area contributed by atoms with Crippen molar-refractivity contribution in [2.45, 2.75) is 70.1 Å². The number of hydrogen-bond acceptors (Lipinski definition) is 8.